The molecule has 0 aromatic carbocycles. The minimum absolute atomic E-state index is 0.379. The summed E-state index contributed by atoms with van der Waals surface area (Å²) in [6.07, 6.45) is 7.77. The van der Waals surface area contributed by atoms with Gasteiger partial charge in [0.15, 0.2) is 11.5 Å². The lowest BCUT2D eigenvalue weighted by Crippen LogP contribution is -2.41. The minimum Gasteiger partial charge on any atom is -0.382 e. The Labute approximate surface area is 105 Å². The molecule has 1 aliphatic rings. The van der Waals surface area contributed by atoms with Gasteiger partial charge in [0, 0.05) is 25.0 Å². The van der Waals surface area contributed by atoms with Gasteiger partial charge in [-0.25, -0.2) is 9.97 Å². The van der Waals surface area contributed by atoms with Gasteiger partial charge in [-0.3, -0.25) is 0 Å². The molecule has 2 aromatic heterocycles. The van der Waals surface area contributed by atoms with Gasteiger partial charge in [0.25, 0.3) is 0 Å². The van der Waals surface area contributed by atoms with Crippen LogP contribution < -0.4 is 11.1 Å². The number of nitrogen functional groups attached to an aromatic ring is 1. The van der Waals surface area contributed by atoms with Crippen LogP contribution in [0.4, 0.5) is 11.6 Å². The van der Waals surface area contributed by atoms with Gasteiger partial charge in [0.05, 0.1) is 12.3 Å². The van der Waals surface area contributed by atoms with Crippen LogP contribution in [0.2, 0.25) is 0 Å². The molecule has 3 N–H and O–H groups in total. The van der Waals surface area contributed by atoms with E-state index < -0.39 is 0 Å². The molecule has 18 heavy (non-hydrogen) atoms. The van der Waals surface area contributed by atoms with Crippen molar-refractivity contribution in [1.29, 1.82) is 0 Å². The molecule has 1 aliphatic carbocycles. The average Bonchev–Trinajstić information content (AvgIpc) is 2.74. The Hall–Kier alpha value is -1.82. The topological polar surface area (TPSA) is 77.5 Å². The van der Waals surface area contributed by atoms with Crippen LogP contribution >= 0.6 is 0 Å². The number of nitrogens with two attached hydrogens (primary N) is 1. The maximum Gasteiger partial charge on any atom is 0.180 e. The molecule has 0 atom stereocenters. The van der Waals surface area contributed by atoms with E-state index in [1.54, 1.807) is 12.4 Å². The third kappa shape index (κ3) is 1.99. The number of hydrogen-bond acceptors (Lipinski definition) is 5. The largest absolute Gasteiger partial charge is 0.382 e. The monoisotopic (exact) mass is 247 g/mol. The van der Waals surface area contributed by atoms with E-state index >= 15 is 0 Å². The second-order valence-corrected chi connectivity index (χ2v) is 4.56. The second-order valence-electron chi connectivity index (χ2n) is 4.56. The summed E-state index contributed by atoms with van der Waals surface area (Å²) < 4.78 is 7.41. The predicted octanol–water partition coefficient (Wildman–Crippen LogP) is 1.29. The number of anilines is 2. The Balaban J connectivity index is 1.73. The van der Waals surface area contributed by atoms with Gasteiger partial charge >= 0.3 is 0 Å². The standard InChI is InChI=1S/C12H17N5O/c1-2-18-9-5-8(6-9)15-11-12-14-3-4-17(12)7-10(13)16-11/h3-4,7-9H,2,5-6,13H2,1H3,(H,15,16). The number of fused-ring (bicyclic) bond motifs is 1. The summed E-state index contributed by atoms with van der Waals surface area (Å²) in [6.45, 7) is 2.80. The molecule has 3 rings (SSSR count). The van der Waals surface area contributed by atoms with E-state index in [2.05, 4.69) is 15.3 Å². The third-order valence-electron chi connectivity index (χ3n) is 3.23. The maximum atomic E-state index is 5.77. The van der Waals surface area contributed by atoms with Crippen LogP contribution in [0, 0.1) is 0 Å². The molecule has 0 radical (unpaired) electrons. The van der Waals surface area contributed by atoms with Crippen molar-refractivity contribution in [3.63, 3.8) is 0 Å². The molecule has 96 valence electrons. The molecule has 1 saturated carbocycles. The molecule has 1 fully saturated rings. The number of nitrogens with zero attached hydrogens (tertiary/aromatic N) is 3. The molecule has 2 heterocycles. The molecule has 0 bridgehead atoms. The van der Waals surface area contributed by atoms with E-state index in [1.165, 1.54) is 0 Å². The van der Waals surface area contributed by atoms with E-state index in [1.807, 2.05) is 17.5 Å². The highest BCUT2D eigenvalue weighted by molar-refractivity contribution is 5.65. The van der Waals surface area contributed by atoms with Gasteiger partial charge < -0.3 is 20.2 Å². The smallest absolute Gasteiger partial charge is 0.180 e. The summed E-state index contributed by atoms with van der Waals surface area (Å²) in [5, 5.41) is 3.38. The van der Waals surface area contributed by atoms with Crippen LogP contribution in [0.5, 0.6) is 0 Å². The van der Waals surface area contributed by atoms with Crippen molar-refractivity contribution in [2.75, 3.05) is 17.7 Å². The van der Waals surface area contributed by atoms with E-state index in [9.17, 15) is 0 Å². The zero-order valence-corrected chi connectivity index (χ0v) is 10.3. The molecule has 6 nitrogen and oxygen atoms in total. The zero-order chi connectivity index (χ0) is 12.5. The molecule has 0 saturated heterocycles. The highest BCUT2D eigenvalue weighted by Crippen LogP contribution is 2.27. The van der Waals surface area contributed by atoms with Crippen LogP contribution in [0.1, 0.15) is 19.8 Å². The number of hydrogen-bond donors (Lipinski definition) is 2. The Morgan fingerprint density at radius 2 is 2.39 bits per heavy atom. The Bertz CT molecular complexity index is 546. The zero-order valence-electron chi connectivity index (χ0n) is 10.3. The van der Waals surface area contributed by atoms with E-state index in [4.69, 9.17) is 10.5 Å². The van der Waals surface area contributed by atoms with E-state index in [0.29, 0.717) is 18.0 Å². The van der Waals surface area contributed by atoms with Crippen LogP contribution in [-0.2, 0) is 4.74 Å². The first-order valence-electron chi connectivity index (χ1n) is 6.23. The van der Waals surface area contributed by atoms with Crippen molar-refractivity contribution in [2.24, 2.45) is 0 Å². The van der Waals surface area contributed by atoms with Crippen molar-refractivity contribution in [3.8, 4) is 0 Å². The second kappa shape index (κ2) is 4.45. The average molecular weight is 247 g/mol. The minimum atomic E-state index is 0.379. The number of rotatable bonds is 4. The van der Waals surface area contributed by atoms with Crippen LogP contribution in [-0.4, -0.2) is 33.1 Å². The predicted molar refractivity (Wildman–Crippen MR) is 69.5 cm³/mol. The van der Waals surface area contributed by atoms with Gasteiger partial charge in [-0.15, -0.1) is 0 Å². The third-order valence-corrected chi connectivity index (χ3v) is 3.23. The lowest BCUT2D eigenvalue weighted by molar-refractivity contribution is 0.00294. The fourth-order valence-electron chi connectivity index (χ4n) is 2.30. The van der Waals surface area contributed by atoms with Crippen molar-refractivity contribution < 1.29 is 4.74 Å². The van der Waals surface area contributed by atoms with Gasteiger partial charge in [-0.1, -0.05) is 0 Å². The first-order valence-corrected chi connectivity index (χ1v) is 6.23. The fraction of sp³-hybridized carbons (Fsp3) is 0.500. The maximum absolute atomic E-state index is 5.77. The van der Waals surface area contributed by atoms with Crippen molar-refractivity contribution in [1.82, 2.24) is 14.4 Å². The lowest BCUT2D eigenvalue weighted by Gasteiger charge is -2.35. The van der Waals surface area contributed by atoms with Gasteiger partial charge in [-0.2, -0.15) is 0 Å². The summed E-state index contributed by atoms with van der Waals surface area (Å²) in [7, 11) is 0. The van der Waals surface area contributed by atoms with Crippen LogP contribution in [0.25, 0.3) is 5.65 Å². The Morgan fingerprint density at radius 3 is 3.17 bits per heavy atom. The van der Waals surface area contributed by atoms with Crippen molar-refractivity contribution >= 4 is 17.3 Å². The fourth-order valence-corrected chi connectivity index (χ4v) is 2.30. The first-order chi connectivity index (χ1) is 8.76. The Morgan fingerprint density at radius 1 is 1.56 bits per heavy atom. The van der Waals surface area contributed by atoms with E-state index in [-0.39, 0.29) is 0 Å². The van der Waals surface area contributed by atoms with Crippen LogP contribution in [0.15, 0.2) is 18.6 Å². The highest BCUT2D eigenvalue weighted by Gasteiger charge is 2.30. The number of nitrogens with one attached hydrogen (secondary N) is 1. The van der Waals surface area contributed by atoms with Crippen molar-refractivity contribution in [2.45, 2.75) is 31.9 Å². The van der Waals surface area contributed by atoms with E-state index in [0.717, 1.165) is 30.9 Å². The summed E-state index contributed by atoms with van der Waals surface area (Å²) in [4.78, 5) is 8.59. The normalized spacial score (nSPS) is 22.9. The highest BCUT2D eigenvalue weighted by atomic mass is 16.5. The summed E-state index contributed by atoms with van der Waals surface area (Å²) in [5.41, 5.74) is 6.58. The molecule has 0 spiro atoms. The van der Waals surface area contributed by atoms with Gasteiger partial charge in [-0.05, 0) is 19.8 Å². The molecule has 0 unspecified atom stereocenters. The molecule has 2 aromatic rings. The quantitative estimate of drug-likeness (QED) is 0.851. The van der Waals surface area contributed by atoms with Crippen molar-refractivity contribution in [3.05, 3.63) is 18.6 Å². The lowest BCUT2D eigenvalue weighted by atomic mass is 9.89. The molecular weight excluding hydrogens is 230 g/mol. The number of ether oxygens (including phenoxy) is 1. The SMILES string of the molecule is CCOC1CC(Nc2nc(N)cn3ccnc23)C1. The summed E-state index contributed by atoms with van der Waals surface area (Å²) in [5.74, 6) is 1.24. The van der Waals surface area contributed by atoms with Crippen LogP contribution in [0.3, 0.4) is 0 Å². The Kier molecular flexibility index (Phi) is 2.79. The summed E-state index contributed by atoms with van der Waals surface area (Å²) in [6, 6.07) is 0.399. The number of imidazole rings is 1. The molecule has 0 aliphatic heterocycles. The first kappa shape index (κ1) is 11.3. The van der Waals surface area contributed by atoms with Gasteiger partial charge in [0.1, 0.15) is 5.82 Å². The molecule has 0 amide bonds. The van der Waals surface area contributed by atoms with Gasteiger partial charge in [0.2, 0.25) is 0 Å². The summed E-state index contributed by atoms with van der Waals surface area (Å²) >= 11 is 0. The molecule has 6 heteroatoms. The number of aromatic nitrogens is 3. The molecular formula is C12H17N5O.